The average Bonchev–Trinajstić information content (AvgIpc) is 2.92. The minimum absolute atomic E-state index is 0.357. The zero-order valence-corrected chi connectivity index (χ0v) is 15.6. The Morgan fingerprint density at radius 2 is 1.88 bits per heavy atom. The van der Waals surface area contributed by atoms with Gasteiger partial charge in [-0.2, -0.15) is 0 Å². The second kappa shape index (κ2) is 7.76. The summed E-state index contributed by atoms with van der Waals surface area (Å²) < 4.78 is 12.2. The highest BCUT2D eigenvalue weighted by Crippen LogP contribution is 2.32. The number of carbonyl (C=O) groups excluding carboxylic acids is 2. The van der Waals surface area contributed by atoms with Gasteiger partial charge in [0.15, 0.2) is 11.5 Å². The summed E-state index contributed by atoms with van der Waals surface area (Å²) in [5.74, 6) is 0.776. The van der Waals surface area contributed by atoms with Crippen molar-refractivity contribution in [3.63, 3.8) is 0 Å². The normalized spacial score (nSPS) is 15.4. The van der Waals surface area contributed by atoms with Gasteiger partial charge in [-0.25, -0.2) is 0 Å². The highest BCUT2D eigenvalue weighted by molar-refractivity contribution is 9.10. The van der Waals surface area contributed by atoms with Crippen LogP contribution in [0.3, 0.4) is 0 Å². The first-order chi connectivity index (χ1) is 12.0. The Kier molecular flexibility index (Phi) is 5.45. The first kappa shape index (κ1) is 17.6. The number of carbonyl (C=O) groups is 2. The average molecular weight is 420 g/mol. The standard InChI is InChI=1S/C18H14BrNO4S/c1-23-15-8-12(9-16-17(21)20-18(22)25-16)4-7-14(15)24-10-11-2-5-13(19)6-3-11/h2-9H,10H2,1H3,(H,20,21,22)/b16-9+. The largest absolute Gasteiger partial charge is 0.493 e. The van der Waals surface area contributed by atoms with Crippen LogP contribution in [0.1, 0.15) is 11.1 Å². The Bertz CT molecular complexity index is 849. The van der Waals surface area contributed by atoms with E-state index >= 15 is 0 Å². The van der Waals surface area contributed by atoms with Gasteiger partial charge >= 0.3 is 0 Å². The Morgan fingerprint density at radius 1 is 1.12 bits per heavy atom. The van der Waals surface area contributed by atoms with Crippen LogP contribution in [-0.4, -0.2) is 18.3 Å². The Morgan fingerprint density at radius 3 is 2.52 bits per heavy atom. The summed E-state index contributed by atoms with van der Waals surface area (Å²) in [4.78, 5) is 23.2. The molecule has 7 heteroatoms. The molecule has 3 rings (SSSR count). The highest BCUT2D eigenvalue weighted by atomic mass is 79.9. The summed E-state index contributed by atoms with van der Waals surface area (Å²) in [7, 11) is 1.55. The maximum absolute atomic E-state index is 11.6. The van der Waals surface area contributed by atoms with Crippen molar-refractivity contribution >= 4 is 44.9 Å². The Balaban J connectivity index is 1.75. The van der Waals surface area contributed by atoms with E-state index in [1.807, 2.05) is 30.3 Å². The molecule has 0 saturated carbocycles. The quantitative estimate of drug-likeness (QED) is 0.729. The van der Waals surface area contributed by atoms with Crippen LogP contribution < -0.4 is 14.8 Å². The maximum Gasteiger partial charge on any atom is 0.290 e. The smallest absolute Gasteiger partial charge is 0.290 e. The van der Waals surface area contributed by atoms with E-state index in [2.05, 4.69) is 21.2 Å². The van der Waals surface area contributed by atoms with Crippen LogP contribution in [0.5, 0.6) is 11.5 Å². The number of imide groups is 1. The van der Waals surface area contributed by atoms with Crippen LogP contribution in [0.2, 0.25) is 0 Å². The van der Waals surface area contributed by atoms with Crippen molar-refractivity contribution in [3.8, 4) is 11.5 Å². The molecule has 0 aliphatic carbocycles. The molecule has 0 aromatic heterocycles. The van der Waals surface area contributed by atoms with Gasteiger partial charge in [-0.1, -0.05) is 34.1 Å². The number of amides is 2. The lowest BCUT2D eigenvalue weighted by atomic mass is 10.2. The number of rotatable bonds is 5. The molecule has 1 heterocycles. The molecule has 0 radical (unpaired) electrons. The fourth-order valence-electron chi connectivity index (χ4n) is 2.21. The number of ether oxygens (including phenoxy) is 2. The van der Waals surface area contributed by atoms with E-state index in [-0.39, 0.29) is 11.1 Å². The molecule has 1 aliphatic rings. The molecule has 0 unspecified atom stereocenters. The van der Waals surface area contributed by atoms with Gasteiger partial charge in [0.1, 0.15) is 6.61 Å². The molecule has 1 fully saturated rings. The molecule has 2 amide bonds. The minimum Gasteiger partial charge on any atom is -0.493 e. The Labute approximate surface area is 157 Å². The third-order valence-corrected chi connectivity index (χ3v) is 4.77. The van der Waals surface area contributed by atoms with Gasteiger partial charge in [-0.05, 0) is 53.2 Å². The van der Waals surface area contributed by atoms with Crippen LogP contribution in [-0.2, 0) is 11.4 Å². The van der Waals surface area contributed by atoms with E-state index in [0.29, 0.717) is 23.0 Å². The second-order valence-corrected chi connectivity index (χ2v) is 7.11. The second-order valence-electron chi connectivity index (χ2n) is 5.18. The van der Waals surface area contributed by atoms with Crippen molar-refractivity contribution in [1.29, 1.82) is 0 Å². The van der Waals surface area contributed by atoms with Crippen LogP contribution in [0.25, 0.3) is 6.08 Å². The number of nitrogens with one attached hydrogen (secondary N) is 1. The van der Waals surface area contributed by atoms with Gasteiger partial charge < -0.3 is 9.47 Å². The van der Waals surface area contributed by atoms with Crippen LogP contribution in [0.15, 0.2) is 51.8 Å². The minimum atomic E-state index is -0.385. The summed E-state index contributed by atoms with van der Waals surface area (Å²) in [6, 6.07) is 13.2. The van der Waals surface area contributed by atoms with Crippen molar-refractivity contribution in [2.45, 2.75) is 6.61 Å². The van der Waals surface area contributed by atoms with Crippen molar-refractivity contribution in [2.24, 2.45) is 0 Å². The van der Waals surface area contributed by atoms with Gasteiger partial charge in [0.25, 0.3) is 11.1 Å². The lowest BCUT2D eigenvalue weighted by Crippen LogP contribution is -2.17. The molecular weight excluding hydrogens is 406 g/mol. The monoisotopic (exact) mass is 419 g/mol. The van der Waals surface area contributed by atoms with Gasteiger partial charge in [0.2, 0.25) is 0 Å². The van der Waals surface area contributed by atoms with Crippen molar-refractivity contribution in [2.75, 3.05) is 7.11 Å². The van der Waals surface area contributed by atoms with Gasteiger partial charge in [-0.15, -0.1) is 0 Å². The SMILES string of the molecule is COc1cc(/C=C2/SC(=O)NC2=O)ccc1OCc1ccc(Br)cc1. The van der Waals surface area contributed by atoms with E-state index < -0.39 is 0 Å². The fourth-order valence-corrected chi connectivity index (χ4v) is 3.15. The van der Waals surface area contributed by atoms with Crippen molar-refractivity contribution in [3.05, 3.63) is 63.0 Å². The van der Waals surface area contributed by atoms with E-state index in [9.17, 15) is 9.59 Å². The first-order valence-corrected chi connectivity index (χ1v) is 8.96. The molecule has 1 aliphatic heterocycles. The highest BCUT2D eigenvalue weighted by Gasteiger charge is 2.25. The van der Waals surface area contributed by atoms with Crippen LogP contribution in [0.4, 0.5) is 4.79 Å². The molecule has 2 aromatic carbocycles. The molecular formula is C18H14BrNO4S. The lowest BCUT2D eigenvalue weighted by Gasteiger charge is -2.11. The summed E-state index contributed by atoms with van der Waals surface area (Å²) in [5.41, 5.74) is 1.79. The van der Waals surface area contributed by atoms with Crippen molar-refractivity contribution < 1.29 is 19.1 Å². The fraction of sp³-hybridized carbons (Fsp3) is 0.111. The topological polar surface area (TPSA) is 64.6 Å². The maximum atomic E-state index is 11.6. The summed E-state index contributed by atoms with van der Waals surface area (Å²) >= 11 is 4.28. The summed E-state index contributed by atoms with van der Waals surface area (Å²) in [5, 5.41) is 1.86. The third kappa shape index (κ3) is 4.43. The Hall–Kier alpha value is -2.25. The number of methoxy groups -OCH3 is 1. The van der Waals surface area contributed by atoms with E-state index in [1.54, 1.807) is 25.3 Å². The van der Waals surface area contributed by atoms with E-state index in [4.69, 9.17) is 9.47 Å². The number of hydrogen-bond donors (Lipinski definition) is 1. The molecule has 128 valence electrons. The molecule has 0 spiro atoms. The molecule has 1 N–H and O–H groups in total. The lowest BCUT2D eigenvalue weighted by molar-refractivity contribution is -0.115. The van der Waals surface area contributed by atoms with Crippen LogP contribution in [0, 0.1) is 0 Å². The molecule has 25 heavy (non-hydrogen) atoms. The first-order valence-electron chi connectivity index (χ1n) is 7.35. The molecule has 1 saturated heterocycles. The zero-order chi connectivity index (χ0) is 17.8. The molecule has 0 bridgehead atoms. The van der Waals surface area contributed by atoms with Crippen LogP contribution >= 0.6 is 27.7 Å². The summed E-state index contributed by atoms with van der Waals surface area (Å²) in [6.07, 6.45) is 1.64. The van der Waals surface area contributed by atoms with Gasteiger partial charge in [0, 0.05) is 4.47 Å². The third-order valence-electron chi connectivity index (χ3n) is 3.44. The number of halogens is 1. The molecule has 0 atom stereocenters. The molecule has 2 aromatic rings. The number of hydrogen-bond acceptors (Lipinski definition) is 5. The number of benzene rings is 2. The van der Waals surface area contributed by atoms with Gasteiger partial charge in [-0.3, -0.25) is 14.9 Å². The predicted octanol–water partition coefficient (Wildman–Crippen LogP) is 4.36. The molecule has 5 nitrogen and oxygen atoms in total. The zero-order valence-electron chi connectivity index (χ0n) is 13.2. The van der Waals surface area contributed by atoms with E-state index in [0.717, 1.165) is 27.4 Å². The predicted molar refractivity (Wildman–Crippen MR) is 101 cm³/mol. The van der Waals surface area contributed by atoms with E-state index in [1.165, 1.54) is 0 Å². The summed E-state index contributed by atoms with van der Waals surface area (Å²) in [6.45, 7) is 0.414. The van der Waals surface area contributed by atoms with Crippen molar-refractivity contribution in [1.82, 2.24) is 5.32 Å². The number of thioether (sulfide) groups is 1. The van der Waals surface area contributed by atoms with Gasteiger partial charge in [0.05, 0.1) is 12.0 Å².